The fourth-order valence-corrected chi connectivity index (χ4v) is 6.75. The molecule has 1 aromatic carbocycles. The molecular weight excluding hydrogens is 671 g/mol. The van der Waals surface area contributed by atoms with Crippen LogP contribution in [0.5, 0.6) is 11.5 Å². The van der Waals surface area contributed by atoms with Crippen LogP contribution in [-0.4, -0.2) is 106 Å². The molecule has 2 aliphatic rings. The van der Waals surface area contributed by atoms with Gasteiger partial charge in [0.2, 0.25) is 11.9 Å². The molecule has 4 aromatic heterocycles. The Balaban J connectivity index is 0.889. The van der Waals surface area contributed by atoms with E-state index in [2.05, 4.69) is 64.6 Å². The van der Waals surface area contributed by atoms with Crippen molar-refractivity contribution in [1.82, 2.24) is 39.7 Å². The predicted molar refractivity (Wildman–Crippen MR) is 209 cm³/mol. The van der Waals surface area contributed by atoms with Crippen LogP contribution >= 0.6 is 0 Å². The molecule has 5 aromatic rings. The van der Waals surface area contributed by atoms with Gasteiger partial charge in [0, 0.05) is 68.1 Å². The van der Waals surface area contributed by atoms with Gasteiger partial charge in [0.05, 0.1) is 25.0 Å². The van der Waals surface area contributed by atoms with Gasteiger partial charge in [-0.1, -0.05) is 11.8 Å². The smallest absolute Gasteiger partial charge is 0.226 e. The number of hydrogen-bond acceptors (Lipinski definition) is 15. The van der Waals surface area contributed by atoms with Crippen molar-refractivity contribution in [3.63, 3.8) is 0 Å². The largest absolute Gasteiger partial charge is 0.497 e. The molecule has 0 bridgehead atoms. The number of hydrogen-bond donors (Lipinski definition) is 5. The number of nitrogens with zero attached hydrogens (tertiary/aromatic N) is 8. The number of benzene rings is 1. The molecule has 6 heterocycles. The zero-order valence-electron chi connectivity index (χ0n) is 30.5. The molecule has 7 N–H and O–H groups in total. The van der Waals surface area contributed by atoms with Gasteiger partial charge in [-0.25, -0.2) is 9.97 Å². The molecule has 2 saturated heterocycles. The van der Waals surface area contributed by atoms with Gasteiger partial charge in [-0.3, -0.25) is 0 Å². The summed E-state index contributed by atoms with van der Waals surface area (Å²) < 4.78 is 10.8. The van der Waals surface area contributed by atoms with Gasteiger partial charge >= 0.3 is 0 Å². The van der Waals surface area contributed by atoms with E-state index >= 15 is 0 Å². The highest BCUT2D eigenvalue weighted by atomic mass is 16.5. The lowest BCUT2D eigenvalue weighted by molar-refractivity contribution is 0.223. The fourth-order valence-electron chi connectivity index (χ4n) is 6.75. The Morgan fingerprint density at radius 3 is 2.21 bits per heavy atom. The Labute approximate surface area is 309 Å². The van der Waals surface area contributed by atoms with Crippen LogP contribution < -0.4 is 36.9 Å². The van der Waals surface area contributed by atoms with Crippen molar-refractivity contribution in [1.29, 1.82) is 0 Å². The molecule has 0 radical (unpaired) electrons. The Hall–Kier alpha value is -5.72. The van der Waals surface area contributed by atoms with E-state index in [-0.39, 0.29) is 6.04 Å². The van der Waals surface area contributed by atoms with Gasteiger partial charge in [-0.2, -0.15) is 19.9 Å². The second-order valence-corrected chi connectivity index (χ2v) is 13.6. The van der Waals surface area contributed by atoms with Crippen molar-refractivity contribution >= 4 is 51.4 Å². The third kappa shape index (κ3) is 8.85. The van der Waals surface area contributed by atoms with Gasteiger partial charge in [0.1, 0.15) is 29.0 Å². The molecular formula is C38H47N13O2. The average Bonchev–Trinajstić information content (AvgIpc) is 3.17. The lowest BCUT2D eigenvalue weighted by Gasteiger charge is -2.31. The molecule has 15 nitrogen and oxygen atoms in total. The Morgan fingerprint density at radius 1 is 0.792 bits per heavy atom. The summed E-state index contributed by atoms with van der Waals surface area (Å²) in [6, 6.07) is 12.0. The number of fused-ring (bicyclic) bond motifs is 2. The van der Waals surface area contributed by atoms with E-state index in [0.717, 1.165) is 92.8 Å². The van der Waals surface area contributed by atoms with Crippen LogP contribution in [0.25, 0.3) is 22.1 Å². The Bertz CT molecular complexity index is 2120. The average molecular weight is 718 g/mol. The number of piperidine rings is 2. The summed E-state index contributed by atoms with van der Waals surface area (Å²) in [6.45, 7) is 5.41. The first-order chi connectivity index (χ1) is 25.8. The first kappa shape index (κ1) is 35.7. The highest BCUT2D eigenvalue weighted by Crippen LogP contribution is 2.27. The topological polar surface area (TPSA) is 190 Å². The summed E-state index contributed by atoms with van der Waals surface area (Å²) in [7, 11) is 5.42. The molecule has 0 atom stereocenters. The summed E-state index contributed by atoms with van der Waals surface area (Å²) in [5.41, 5.74) is 15.5. The standard InChI is InChI=1S/C38H47N13O2/c1-50-16-11-26(12-17-50)43-37-47-34(40)30-20-24(22-42-35(30)48-37)6-4-5-15-51-18-13-27(14-19-51)44-38-46-33(39)29-9-10-32(45-36(29)49-38)41-23-25-7-8-28(52-2)21-31(25)53-3/h7-10,20-22,26-27H,5,11-19,23H2,1-3H3,(H3,40,42,43,47,48)(H4,39,41,44,45,46,49). The summed E-state index contributed by atoms with van der Waals surface area (Å²) in [5, 5.41) is 11.7. The molecule has 2 fully saturated rings. The summed E-state index contributed by atoms with van der Waals surface area (Å²) in [4.78, 5) is 32.4. The van der Waals surface area contributed by atoms with Crippen LogP contribution in [0, 0.1) is 11.8 Å². The number of anilines is 5. The number of ether oxygens (including phenoxy) is 2. The first-order valence-electron chi connectivity index (χ1n) is 18.1. The number of likely N-dealkylation sites (tertiary alicyclic amines) is 2. The fraction of sp³-hybridized carbons (Fsp3) is 0.421. The van der Waals surface area contributed by atoms with E-state index in [4.69, 9.17) is 30.9 Å². The summed E-state index contributed by atoms with van der Waals surface area (Å²) in [6.07, 6.45) is 6.51. The second-order valence-electron chi connectivity index (χ2n) is 13.6. The predicted octanol–water partition coefficient (Wildman–Crippen LogP) is 3.98. The number of rotatable bonds is 11. The molecule has 2 aliphatic heterocycles. The van der Waals surface area contributed by atoms with Crippen molar-refractivity contribution in [2.24, 2.45) is 0 Å². The van der Waals surface area contributed by atoms with E-state index in [1.165, 1.54) is 0 Å². The maximum absolute atomic E-state index is 6.33. The number of methoxy groups -OCH3 is 2. The SMILES string of the molecule is COc1ccc(CNc2ccc3c(N)nc(NC4CCN(CCC#Cc5cnc6nc(NC7CCN(C)CC7)nc(N)c6c5)CC4)nc3n2)c(OC)c1. The van der Waals surface area contributed by atoms with Crippen LogP contribution in [-0.2, 0) is 6.54 Å². The Kier molecular flexibility index (Phi) is 11.0. The maximum Gasteiger partial charge on any atom is 0.226 e. The molecule has 0 aliphatic carbocycles. The summed E-state index contributed by atoms with van der Waals surface area (Å²) >= 11 is 0. The number of nitrogen functional groups attached to an aromatic ring is 2. The third-order valence-corrected chi connectivity index (χ3v) is 9.88. The quantitative estimate of drug-likeness (QED) is 0.123. The van der Waals surface area contributed by atoms with E-state index in [9.17, 15) is 0 Å². The van der Waals surface area contributed by atoms with E-state index in [1.807, 2.05) is 36.4 Å². The highest BCUT2D eigenvalue weighted by molar-refractivity contribution is 5.88. The number of aromatic nitrogens is 6. The van der Waals surface area contributed by atoms with Crippen molar-refractivity contribution in [3.8, 4) is 23.3 Å². The zero-order chi connectivity index (χ0) is 36.7. The van der Waals surface area contributed by atoms with Crippen LogP contribution in [0.3, 0.4) is 0 Å². The van der Waals surface area contributed by atoms with Crippen molar-refractivity contribution in [2.45, 2.75) is 50.7 Å². The van der Waals surface area contributed by atoms with Crippen molar-refractivity contribution in [3.05, 3.63) is 53.7 Å². The lowest BCUT2D eigenvalue weighted by atomic mass is 10.1. The molecule has 0 amide bonds. The van der Waals surface area contributed by atoms with Gasteiger partial charge in [0.15, 0.2) is 11.3 Å². The van der Waals surface area contributed by atoms with Crippen LogP contribution in [0.15, 0.2) is 42.6 Å². The molecule has 276 valence electrons. The second kappa shape index (κ2) is 16.3. The first-order valence-corrected chi connectivity index (χ1v) is 18.1. The maximum atomic E-state index is 6.33. The lowest BCUT2D eigenvalue weighted by Crippen LogP contribution is -2.39. The molecule has 53 heavy (non-hydrogen) atoms. The van der Waals surface area contributed by atoms with E-state index in [0.29, 0.717) is 58.6 Å². The normalized spacial score (nSPS) is 15.9. The minimum atomic E-state index is 0.231. The summed E-state index contributed by atoms with van der Waals surface area (Å²) in [5.74, 6) is 10.5. The number of nitrogens with two attached hydrogens (primary N) is 2. The van der Waals surface area contributed by atoms with Gasteiger partial charge in [0.25, 0.3) is 0 Å². The minimum absolute atomic E-state index is 0.231. The van der Waals surface area contributed by atoms with Crippen LogP contribution in [0.1, 0.15) is 43.2 Å². The third-order valence-electron chi connectivity index (χ3n) is 9.88. The van der Waals surface area contributed by atoms with Gasteiger partial charge < -0.3 is 46.7 Å². The molecule has 7 rings (SSSR count). The van der Waals surface area contributed by atoms with Crippen LogP contribution in [0.4, 0.5) is 29.4 Å². The molecule has 0 unspecified atom stereocenters. The highest BCUT2D eigenvalue weighted by Gasteiger charge is 2.21. The monoisotopic (exact) mass is 717 g/mol. The van der Waals surface area contributed by atoms with E-state index in [1.54, 1.807) is 20.4 Å². The van der Waals surface area contributed by atoms with Crippen molar-refractivity contribution in [2.75, 3.05) is 81.4 Å². The number of pyridine rings is 2. The van der Waals surface area contributed by atoms with Gasteiger partial charge in [-0.15, -0.1) is 0 Å². The molecule has 0 spiro atoms. The number of nitrogens with one attached hydrogen (secondary N) is 3. The van der Waals surface area contributed by atoms with Gasteiger partial charge in [-0.05, 0) is 76.2 Å². The zero-order valence-corrected chi connectivity index (χ0v) is 30.5. The van der Waals surface area contributed by atoms with Crippen molar-refractivity contribution < 1.29 is 9.47 Å². The van der Waals surface area contributed by atoms with Crippen LogP contribution in [0.2, 0.25) is 0 Å². The molecule has 15 heteroatoms. The molecule has 0 saturated carbocycles. The Morgan fingerprint density at radius 2 is 1.49 bits per heavy atom. The van der Waals surface area contributed by atoms with E-state index < -0.39 is 0 Å². The minimum Gasteiger partial charge on any atom is -0.497 e.